The number of nitrogens with zero attached hydrogens (tertiary/aromatic N) is 3. The molecule has 6 nitrogen and oxygen atoms in total. The Balaban J connectivity index is 1.49. The SMILES string of the molecule is O=C(C[NH+]1CCC[C@@H]1c1cccs1)Nc1cc(Cl)ccc1-n1cncn1. The van der Waals surface area contributed by atoms with E-state index in [0.29, 0.717) is 23.3 Å². The van der Waals surface area contributed by atoms with Gasteiger partial charge in [0.25, 0.3) is 5.91 Å². The predicted octanol–water partition coefficient (Wildman–Crippen LogP) is 2.34. The summed E-state index contributed by atoms with van der Waals surface area (Å²) in [4.78, 5) is 19.3. The molecule has 3 aromatic rings. The van der Waals surface area contributed by atoms with E-state index in [-0.39, 0.29) is 5.91 Å². The maximum atomic E-state index is 12.7. The number of hydrogen-bond donors (Lipinski definition) is 2. The number of aromatic nitrogens is 3. The molecule has 0 aliphatic carbocycles. The average molecular weight is 389 g/mol. The minimum absolute atomic E-state index is 0.0212. The van der Waals surface area contributed by atoms with Gasteiger partial charge in [-0.25, -0.2) is 9.67 Å². The molecule has 1 aliphatic rings. The number of amides is 1. The summed E-state index contributed by atoms with van der Waals surface area (Å²) < 4.78 is 1.61. The van der Waals surface area contributed by atoms with Crippen LogP contribution in [0.3, 0.4) is 0 Å². The van der Waals surface area contributed by atoms with Crippen LogP contribution < -0.4 is 10.2 Å². The minimum Gasteiger partial charge on any atom is -0.320 e. The number of anilines is 1. The van der Waals surface area contributed by atoms with Crippen molar-refractivity contribution >= 4 is 34.5 Å². The van der Waals surface area contributed by atoms with Gasteiger partial charge in [-0.1, -0.05) is 17.7 Å². The van der Waals surface area contributed by atoms with Crippen LogP contribution in [0.1, 0.15) is 23.8 Å². The Morgan fingerprint density at radius 1 is 1.42 bits per heavy atom. The number of likely N-dealkylation sites (tertiary alicyclic amines) is 1. The van der Waals surface area contributed by atoms with Crippen molar-refractivity contribution in [2.75, 3.05) is 18.4 Å². The molecule has 3 heterocycles. The molecule has 4 rings (SSSR count). The number of quaternary nitrogens is 1. The Hall–Kier alpha value is -2.22. The van der Waals surface area contributed by atoms with Gasteiger partial charge in [0.2, 0.25) is 0 Å². The summed E-state index contributed by atoms with van der Waals surface area (Å²) in [5.41, 5.74) is 1.38. The molecule has 8 heteroatoms. The first-order valence-electron chi connectivity index (χ1n) is 8.53. The van der Waals surface area contributed by atoms with Crippen molar-refractivity contribution in [1.29, 1.82) is 0 Å². The summed E-state index contributed by atoms with van der Waals surface area (Å²) in [5.74, 6) is -0.0212. The smallest absolute Gasteiger partial charge is 0.279 e. The van der Waals surface area contributed by atoms with Gasteiger partial charge in [0.15, 0.2) is 6.54 Å². The summed E-state index contributed by atoms with van der Waals surface area (Å²) in [7, 11) is 0. The van der Waals surface area contributed by atoms with Gasteiger partial charge in [-0.15, -0.1) is 11.3 Å². The van der Waals surface area contributed by atoms with Crippen molar-refractivity contribution in [3.8, 4) is 5.69 Å². The van der Waals surface area contributed by atoms with Crippen molar-refractivity contribution in [3.05, 3.63) is 58.3 Å². The molecule has 0 bridgehead atoms. The minimum atomic E-state index is -0.0212. The van der Waals surface area contributed by atoms with E-state index in [1.807, 2.05) is 6.07 Å². The van der Waals surface area contributed by atoms with Crippen LogP contribution in [0.5, 0.6) is 0 Å². The number of nitrogens with one attached hydrogen (secondary N) is 2. The van der Waals surface area contributed by atoms with Gasteiger partial charge < -0.3 is 10.2 Å². The topological polar surface area (TPSA) is 64.2 Å². The van der Waals surface area contributed by atoms with Crippen molar-refractivity contribution in [2.45, 2.75) is 18.9 Å². The molecule has 0 saturated carbocycles. The van der Waals surface area contributed by atoms with Crippen LogP contribution in [0.4, 0.5) is 5.69 Å². The molecule has 2 aromatic heterocycles. The summed E-state index contributed by atoms with van der Waals surface area (Å²) in [5, 5.41) is 9.81. The molecule has 2 N–H and O–H groups in total. The summed E-state index contributed by atoms with van der Waals surface area (Å²) in [6, 6.07) is 9.99. The monoisotopic (exact) mass is 388 g/mol. The van der Waals surface area contributed by atoms with Crippen molar-refractivity contribution < 1.29 is 9.69 Å². The van der Waals surface area contributed by atoms with Crippen LogP contribution in [-0.4, -0.2) is 33.8 Å². The molecule has 26 heavy (non-hydrogen) atoms. The molecule has 2 atom stereocenters. The fraction of sp³-hybridized carbons (Fsp3) is 0.278. The highest BCUT2D eigenvalue weighted by Crippen LogP contribution is 2.25. The van der Waals surface area contributed by atoms with Crippen LogP contribution in [-0.2, 0) is 4.79 Å². The molecular weight excluding hydrogens is 370 g/mol. The van der Waals surface area contributed by atoms with Crippen LogP contribution >= 0.6 is 22.9 Å². The Morgan fingerprint density at radius 3 is 3.12 bits per heavy atom. The lowest BCUT2D eigenvalue weighted by Gasteiger charge is -2.20. The second kappa shape index (κ2) is 7.57. The third kappa shape index (κ3) is 3.65. The van der Waals surface area contributed by atoms with E-state index in [2.05, 4.69) is 32.9 Å². The molecule has 1 fully saturated rings. The molecule has 1 saturated heterocycles. The molecule has 1 unspecified atom stereocenters. The zero-order valence-corrected chi connectivity index (χ0v) is 15.6. The third-order valence-corrected chi connectivity index (χ3v) is 5.88. The van der Waals surface area contributed by atoms with E-state index in [0.717, 1.165) is 25.1 Å². The quantitative estimate of drug-likeness (QED) is 0.705. The van der Waals surface area contributed by atoms with Gasteiger partial charge in [-0.3, -0.25) is 4.79 Å². The van der Waals surface area contributed by atoms with Gasteiger partial charge in [0.05, 0.1) is 22.8 Å². The fourth-order valence-electron chi connectivity index (χ4n) is 3.50. The number of carbonyl (C=O) groups excluding carboxylic acids is 1. The van der Waals surface area contributed by atoms with E-state index in [1.54, 1.807) is 34.5 Å². The van der Waals surface area contributed by atoms with Crippen molar-refractivity contribution in [1.82, 2.24) is 14.8 Å². The zero-order valence-electron chi connectivity index (χ0n) is 14.1. The zero-order chi connectivity index (χ0) is 17.9. The Labute approximate surface area is 160 Å². The fourth-order valence-corrected chi connectivity index (χ4v) is 4.59. The molecule has 1 aromatic carbocycles. The van der Waals surface area contributed by atoms with Crippen LogP contribution in [0, 0.1) is 0 Å². The van der Waals surface area contributed by atoms with Crippen LogP contribution in [0.2, 0.25) is 5.02 Å². The number of halogens is 1. The van der Waals surface area contributed by atoms with Crippen LogP contribution in [0.25, 0.3) is 5.69 Å². The first kappa shape index (κ1) is 17.2. The number of hydrogen-bond acceptors (Lipinski definition) is 4. The lowest BCUT2D eigenvalue weighted by molar-refractivity contribution is -0.910. The standard InChI is InChI=1S/C18H18ClN5OS/c19-13-5-6-15(24-12-20-11-21-24)14(9-13)22-18(25)10-23-7-1-3-16(23)17-4-2-8-26-17/h2,4-6,8-9,11-12,16H,1,3,7,10H2,(H,22,25)/p+1/t16-/m1/s1. The number of rotatable bonds is 5. The summed E-state index contributed by atoms with van der Waals surface area (Å²) >= 11 is 7.89. The van der Waals surface area contributed by atoms with E-state index in [9.17, 15) is 4.79 Å². The van der Waals surface area contributed by atoms with E-state index in [1.165, 1.54) is 16.1 Å². The highest BCUT2D eigenvalue weighted by atomic mass is 35.5. The second-order valence-electron chi connectivity index (χ2n) is 6.34. The highest BCUT2D eigenvalue weighted by molar-refractivity contribution is 7.10. The lowest BCUT2D eigenvalue weighted by atomic mass is 10.2. The lowest BCUT2D eigenvalue weighted by Crippen LogP contribution is -3.11. The molecule has 1 amide bonds. The molecule has 1 aliphatic heterocycles. The normalized spacial score (nSPS) is 19.6. The molecule has 134 valence electrons. The second-order valence-corrected chi connectivity index (χ2v) is 7.76. The van der Waals surface area contributed by atoms with Gasteiger partial charge in [-0.2, -0.15) is 5.10 Å². The predicted molar refractivity (Wildman–Crippen MR) is 102 cm³/mol. The Morgan fingerprint density at radius 2 is 2.35 bits per heavy atom. The first-order chi connectivity index (χ1) is 12.7. The molecule has 0 spiro atoms. The van der Waals surface area contributed by atoms with E-state index >= 15 is 0 Å². The van der Waals surface area contributed by atoms with Gasteiger partial charge in [-0.05, 0) is 29.6 Å². The number of carbonyl (C=O) groups is 1. The van der Waals surface area contributed by atoms with Gasteiger partial charge >= 0.3 is 0 Å². The average Bonchev–Trinajstić information content (AvgIpc) is 3.37. The van der Waals surface area contributed by atoms with Crippen LogP contribution in [0.15, 0.2) is 48.4 Å². The number of benzene rings is 1. The van der Waals surface area contributed by atoms with E-state index < -0.39 is 0 Å². The maximum Gasteiger partial charge on any atom is 0.279 e. The van der Waals surface area contributed by atoms with Gasteiger partial charge in [0.1, 0.15) is 18.7 Å². The third-order valence-electron chi connectivity index (χ3n) is 4.66. The Kier molecular flexibility index (Phi) is 5.01. The van der Waals surface area contributed by atoms with Crippen molar-refractivity contribution in [3.63, 3.8) is 0 Å². The summed E-state index contributed by atoms with van der Waals surface area (Å²) in [6.45, 7) is 1.45. The summed E-state index contributed by atoms with van der Waals surface area (Å²) in [6.07, 6.45) is 5.33. The number of thiophene rings is 1. The molecular formula is C18H19ClN5OS+. The van der Waals surface area contributed by atoms with Gasteiger partial charge in [0, 0.05) is 17.9 Å². The largest absolute Gasteiger partial charge is 0.320 e. The maximum absolute atomic E-state index is 12.7. The molecule has 0 radical (unpaired) electrons. The first-order valence-corrected chi connectivity index (χ1v) is 9.79. The highest BCUT2D eigenvalue weighted by Gasteiger charge is 2.32. The van der Waals surface area contributed by atoms with E-state index in [4.69, 9.17) is 11.6 Å². The Bertz CT molecular complexity index is 881. The van der Waals surface area contributed by atoms with Crippen molar-refractivity contribution in [2.24, 2.45) is 0 Å².